The lowest BCUT2D eigenvalue weighted by Crippen LogP contribution is -2.30. The van der Waals surface area contributed by atoms with E-state index in [1.54, 1.807) is 0 Å². The van der Waals surface area contributed by atoms with E-state index in [9.17, 15) is 14.4 Å². The fraction of sp³-hybridized carbons (Fsp3) is 0.672. The minimum atomic E-state index is -0.793. The zero-order valence-corrected chi connectivity index (χ0v) is 45.5. The van der Waals surface area contributed by atoms with Crippen LogP contribution in [0.25, 0.3) is 0 Å². The summed E-state index contributed by atoms with van der Waals surface area (Å²) in [5, 5.41) is 0. The van der Waals surface area contributed by atoms with Gasteiger partial charge in [0.15, 0.2) is 6.10 Å². The minimum Gasteiger partial charge on any atom is -0.462 e. The average molecular weight is 972 g/mol. The first-order chi connectivity index (χ1) is 34.5. The maximum absolute atomic E-state index is 12.8. The van der Waals surface area contributed by atoms with Crippen LogP contribution in [0.1, 0.15) is 258 Å². The first-order valence-electron chi connectivity index (χ1n) is 28.9. The van der Waals surface area contributed by atoms with Gasteiger partial charge in [0.1, 0.15) is 13.2 Å². The van der Waals surface area contributed by atoms with Gasteiger partial charge in [0.25, 0.3) is 0 Å². The van der Waals surface area contributed by atoms with E-state index >= 15 is 0 Å². The largest absolute Gasteiger partial charge is 0.462 e. The summed E-state index contributed by atoms with van der Waals surface area (Å²) in [4.78, 5) is 38.1. The van der Waals surface area contributed by atoms with Crippen LogP contribution in [-0.4, -0.2) is 37.2 Å². The molecule has 0 rings (SSSR count). The molecule has 0 radical (unpaired) electrons. The molecular formula is C64H106O6. The third-order valence-electron chi connectivity index (χ3n) is 12.0. The van der Waals surface area contributed by atoms with Crippen molar-refractivity contribution in [3.8, 4) is 0 Å². The van der Waals surface area contributed by atoms with E-state index in [4.69, 9.17) is 14.2 Å². The molecule has 0 N–H and O–H groups in total. The second kappa shape index (κ2) is 57.6. The molecule has 0 heterocycles. The van der Waals surface area contributed by atoms with Crippen LogP contribution in [0.15, 0.2) is 109 Å². The molecule has 0 aliphatic heterocycles. The Balaban J connectivity index is 4.30. The minimum absolute atomic E-state index is 0.0916. The second-order valence-electron chi connectivity index (χ2n) is 18.8. The number of unbranched alkanes of at least 4 members (excludes halogenated alkanes) is 22. The van der Waals surface area contributed by atoms with Crippen molar-refractivity contribution in [2.24, 2.45) is 0 Å². The number of carbonyl (C=O) groups is 3. The Kier molecular flexibility index (Phi) is 54.4. The Bertz CT molecular complexity index is 1440. The maximum Gasteiger partial charge on any atom is 0.306 e. The van der Waals surface area contributed by atoms with Crippen LogP contribution < -0.4 is 0 Å². The zero-order chi connectivity index (χ0) is 50.7. The fourth-order valence-corrected chi connectivity index (χ4v) is 7.62. The number of ether oxygens (including phenoxy) is 3. The summed E-state index contributed by atoms with van der Waals surface area (Å²) in [6, 6.07) is 0. The highest BCUT2D eigenvalue weighted by Gasteiger charge is 2.19. The topological polar surface area (TPSA) is 78.9 Å². The lowest BCUT2D eigenvalue weighted by atomic mass is 10.1. The van der Waals surface area contributed by atoms with Crippen molar-refractivity contribution >= 4 is 17.9 Å². The Morgan fingerprint density at radius 1 is 0.300 bits per heavy atom. The predicted octanol–water partition coefficient (Wildman–Crippen LogP) is 19.5. The van der Waals surface area contributed by atoms with Crippen LogP contribution in [-0.2, 0) is 28.6 Å². The fourth-order valence-electron chi connectivity index (χ4n) is 7.62. The van der Waals surface area contributed by atoms with Gasteiger partial charge >= 0.3 is 17.9 Å². The van der Waals surface area contributed by atoms with Gasteiger partial charge < -0.3 is 14.2 Å². The lowest BCUT2D eigenvalue weighted by molar-refractivity contribution is -0.167. The molecule has 398 valence electrons. The summed E-state index contributed by atoms with van der Waals surface area (Å²) in [7, 11) is 0. The molecule has 6 nitrogen and oxygen atoms in total. The van der Waals surface area contributed by atoms with Crippen LogP contribution in [0.5, 0.6) is 0 Å². The van der Waals surface area contributed by atoms with Gasteiger partial charge in [-0.1, -0.05) is 233 Å². The standard InChI is InChI=1S/C64H106O6/c1-4-7-10-13-16-19-22-24-26-27-28-29-30-31-32-33-34-35-36-37-38-40-42-45-48-51-54-57-63(66)69-60-61(59-68-62(65)56-53-50-47-44-41-21-18-15-12-9-6-3)70-64(67)58-55-52-49-46-43-39-25-23-20-17-14-11-8-5-2/h7,10,14-19,23-26,28-29,31-32,34-35,61H,4-6,8-9,11-13,20-22,27,30,33,36-60H2,1-3H3/b10-7-,17-14-,18-15-,19-16-,25-23-,26-24-,29-28-,32-31-,35-34-. The summed E-state index contributed by atoms with van der Waals surface area (Å²) in [6.45, 7) is 6.42. The van der Waals surface area contributed by atoms with Crippen molar-refractivity contribution in [3.05, 3.63) is 109 Å². The number of hydrogen-bond donors (Lipinski definition) is 0. The smallest absolute Gasteiger partial charge is 0.306 e. The van der Waals surface area contributed by atoms with Crippen LogP contribution >= 0.6 is 0 Å². The normalized spacial score (nSPS) is 12.9. The molecule has 0 saturated carbocycles. The first kappa shape index (κ1) is 66.1. The van der Waals surface area contributed by atoms with Crippen LogP contribution in [0.4, 0.5) is 0 Å². The van der Waals surface area contributed by atoms with Crippen molar-refractivity contribution in [2.75, 3.05) is 13.2 Å². The van der Waals surface area contributed by atoms with E-state index in [0.29, 0.717) is 19.3 Å². The number of allylic oxidation sites excluding steroid dienone is 18. The van der Waals surface area contributed by atoms with Gasteiger partial charge in [-0.15, -0.1) is 0 Å². The molecule has 0 aromatic carbocycles. The monoisotopic (exact) mass is 971 g/mol. The van der Waals surface area contributed by atoms with Crippen LogP contribution in [0.3, 0.4) is 0 Å². The van der Waals surface area contributed by atoms with Crippen molar-refractivity contribution in [2.45, 2.75) is 264 Å². The highest BCUT2D eigenvalue weighted by Crippen LogP contribution is 2.14. The molecule has 1 atom stereocenters. The van der Waals surface area contributed by atoms with Crippen molar-refractivity contribution in [3.63, 3.8) is 0 Å². The molecule has 70 heavy (non-hydrogen) atoms. The molecule has 0 amide bonds. The van der Waals surface area contributed by atoms with Crippen molar-refractivity contribution < 1.29 is 28.6 Å². The molecule has 0 bridgehead atoms. The van der Waals surface area contributed by atoms with Gasteiger partial charge in [-0.05, 0) is 116 Å². The highest BCUT2D eigenvalue weighted by molar-refractivity contribution is 5.71. The van der Waals surface area contributed by atoms with E-state index in [1.807, 2.05) is 0 Å². The van der Waals surface area contributed by atoms with Crippen LogP contribution in [0.2, 0.25) is 0 Å². The van der Waals surface area contributed by atoms with E-state index in [0.717, 1.165) is 141 Å². The Morgan fingerprint density at radius 3 is 0.886 bits per heavy atom. The third kappa shape index (κ3) is 55.0. The predicted molar refractivity (Wildman–Crippen MR) is 302 cm³/mol. The van der Waals surface area contributed by atoms with Gasteiger partial charge in [-0.3, -0.25) is 14.4 Å². The third-order valence-corrected chi connectivity index (χ3v) is 12.0. The molecule has 0 aromatic heterocycles. The van der Waals surface area contributed by atoms with Gasteiger partial charge in [0.2, 0.25) is 0 Å². The van der Waals surface area contributed by atoms with Gasteiger partial charge in [-0.2, -0.15) is 0 Å². The summed E-state index contributed by atoms with van der Waals surface area (Å²) >= 11 is 0. The van der Waals surface area contributed by atoms with E-state index in [2.05, 4.69) is 130 Å². The molecule has 0 aliphatic rings. The maximum atomic E-state index is 12.8. The molecule has 0 fully saturated rings. The second-order valence-corrected chi connectivity index (χ2v) is 18.8. The van der Waals surface area contributed by atoms with E-state index in [1.165, 1.54) is 77.0 Å². The lowest BCUT2D eigenvalue weighted by Gasteiger charge is -2.18. The molecule has 6 heteroatoms. The van der Waals surface area contributed by atoms with Crippen LogP contribution in [0, 0.1) is 0 Å². The number of carbonyl (C=O) groups excluding carboxylic acids is 3. The molecule has 0 spiro atoms. The first-order valence-corrected chi connectivity index (χ1v) is 28.9. The molecule has 0 aromatic rings. The average Bonchev–Trinajstić information content (AvgIpc) is 3.36. The summed E-state index contributed by atoms with van der Waals surface area (Å²) in [6.07, 6.45) is 78.0. The summed E-state index contributed by atoms with van der Waals surface area (Å²) < 4.78 is 16.8. The summed E-state index contributed by atoms with van der Waals surface area (Å²) in [5.41, 5.74) is 0. The molecular weight excluding hydrogens is 865 g/mol. The van der Waals surface area contributed by atoms with Gasteiger partial charge in [-0.25, -0.2) is 0 Å². The number of hydrogen-bond acceptors (Lipinski definition) is 6. The Labute approximate surface area is 431 Å². The van der Waals surface area contributed by atoms with Gasteiger partial charge in [0, 0.05) is 19.3 Å². The Hall–Kier alpha value is -3.93. The molecule has 0 saturated heterocycles. The van der Waals surface area contributed by atoms with Crippen molar-refractivity contribution in [1.82, 2.24) is 0 Å². The molecule has 0 aliphatic carbocycles. The SMILES string of the molecule is CC/C=C\C/C=C\C/C=C\C/C=C\C/C=C\C/C=C\CCCCCCCCCCC(=O)OCC(COC(=O)CCCCCCC/C=C\CCCC)OC(=O)CCCCCCC/C=C\C/C=C\CCCC. The zero-order valence-electron chi connectivity index (χ0n) is 45.5. The van der Waals surface area contributed by atoms with Gasteiger partial charge in [0.05, 0.1) is 0 Å². The quantitative estimate of drug-likeness (QED) is 0.0262. The highest BCUT2D eigenvalue weighted by atomic mass is 16.6. The van der Waals surface area contributed by atoms with Crippen molar-refractivity contribution in [1.29, 1.82) is 0 Å². The number of esters is 3. The summed E-state index contributed by atoms with van der Waals surface area (Å²) in [5.74, 6) is -0.924. The Morgan fingerprint density at radius 2 is 0.557 bits per heavy atom. The van der Waals surface area contributed by atoms with E-state index < -0.39 is 6.10 Å². The van der Waals surface area contributed by atoms with E-state index in [-0.39, 0.29) is 31.1 Å². The molecule has 1 unspecified atom stereocenters. The number of rotatable bonds is 51.